The number of halogens is 3. The first kappa shape index (κ1) is 25.7. The van der Waals surface area contributed by atoms with Crippen LogP contribution in [0.4, 0.5) is 18.0 Å². The van der Waals surface area contributed by atoms with Gasteiger partial charge in [-0.25, -0.2) is 22.9 Å². The number of hydrogen-bond acceptors (Lipinski definition) is 8. The lowest BCUT2D eigenvalue weighted by Gasteiger charge is -2.23. The number of nitrogens with one attached hydrogen (secondary N) is 1. The summed E-state index contributed by atoms with van der Waals surface area (Å²) in [6, 6.07) is 2.86. The summed E-state index contributed by atoms with van der Waals surface area (Å²) >= 11 is 1.26. The van der Waals surface area contributed by atoms with Crippen molar-refractivity contribution in [3.05, 3.63) is 53.6 Å². The molecule has 1 aromatic heterocycles. The summed E-state index contributed by atoms with van der Waals surface area (Å²) in [5.41, 5.74) is 0.0139. The van der Waals surface area contributed by atoms with Gasteiger partial charge in [-0.15, -0.1) is 13.2 Å². The molecule has 0 fully saturated rings. The molecule has 3 rings (SSSR count). The van der Waals surface area contributed by atoms with Crippen LogP contribution in [-0.2, 0) is 21.3 Å². The number of nitrogens with zero attached hydrogens (tertiary/aromatic N) is 3. The van der Waals surface area contributed by atoms with Gasteiger partial charge in [0.2, 0.25) is 0 Å². The average molecular weight is 521 g/mol. The number of amides is 1. The zero-order chi connectivity index (χ0) is 24.9. The van der Waals surface area contributed by atoms with Crippen LogP contribution < -0.4 is 9.46 Å². The number of hydrogen-bond donors (Lipinski definition) is 1. The Morgan fingerprint density at radius 1 is 1.32 bits per heavy atom. The van der Waals surface area contributed by atoms with Gasteiger partial charge in [0.05, 0.1) is 24.4 Å². The SMILES string of the molecule is CCCCOC(=O)NS(=O)(=O)c1ccc(OC(F)(F)F)cc1C1SC(Cn2ccnc2)=CN1C. The van der Waals surface area contributed by atoms with Crippen molar-refractivity contribution in [1.82, 2.24) is 19.2 Å². The molecule has 0 aliphatic carbocycles. The molecule has 186 valence electrons. The van der Waals surface area contributed by atoms with Crippen LogP contribution in [0.3, 0.4) is 0 Å². The van der Waals surface area contributed by atoms with E-state index in [0.29, 0.717) is 13.0 Å². The number of ether oxygens (including phenoxy) is 2. The van der Waals surface area contributed by atoms with Gasteiger partial charge < -0.3 is 18.9 Å². The number of carbonyl (C=O) groups excluding carboxylic acids is 1. The second kappa shape index (κ2) is 10.6. The number of carbonyl (C=O) groups is 1. The molecule has 0 saturated carbocycles. The van der Waals surface area contributed by atoms with Crippen LogP contribution in [0, 0.1) is 0 Å². The predicted octanol–water partition coefficient (Wildman–Crippen LogP) is 4.22. The van der Waals surface area contributed by atoms with Crippen molar-refractivity contribution in [2.45, 2.75) is 42.9 Å². The molecule has 1 unspecified atom stereocenters. The van der Waals surface area contributed by atoms with Gasteiger partial charge in [0.15, 0.2) is 0 Å². The molecule has 1 aromatic carbocycles. The highest BCUT2D eigenvalue weighted by Crippen LogP contribution is 2.46. The van der Waals surface area contributed by atoms with Gasteiger partial charge in [-0.3, -0.25) is 0 Å². The number of thioether (sulfide) groups is 1. The minimum absolute atomic E-state index is 0.0139. The summed E-state index contributed by atoms with van der Waals surface area (Å²) in [7, 11) is -2.79. The van der Waals surface area contributed by atoms with E-state index < -0.39 is 33.6 Å². The molecule has 14 heteroatoms. The minimum atomic E-state index is -4.96. The summed E-state index contributed by atoms with van der Waals surface area (Å²) < 4.78 is 76.8. The third-order valence-corrected chi connectivity index (χ3v) is 7.33. The normalized spacial score (nSPS) is 16.3. The van der Waals surface area contributed by atoms with Gasteiger partial charge in [0.1, 0.15) is 11.1 Å². The third kappa shape index (κ3) is 6.82. The smallest absolute Gasteiger partial charge is 0.449 e. The molecule has 2 heterocycles. The predicted molar refractivity (Wildman–Crippen MR) is 118 cm³/mol. The maximum Gasteiger partial charge on any atom is 0.573 e. The number of imidazole rings is 1. The van der Waals surface area contributed by atoms with E-state index in [1.165, 1.54) is 11.8 Å². The Kier molecular flexibility index (Phi) is 8.02. The topological polar surface area (TPSA) is 103 Å². The highest BCUT2D eigenvalue weighted by atomic mass is 32.2. The lowest BCUT2D eigenvalue weighted by molar-refractivity contribution is -0.274. The Bertz CT molecular complexity index is 1140. The molecule has 1 N–H and O–H groups in total. The molecule has 0 radical (unpaired) electrons. The first-order valence-electron chi connectivity index (χ1n) is 10.1. The maximum absolute atomic E-state index is 13.0. The van der Waals surface area contributed by atoms with Crippen molar-refractivity contribution in [2.24, 2.45) is 0 Å². The highest BCUT2D eigenvalue weighted by Gasteiger charge is 2.35. The fraction of sp³-hybridized carbons (Fsp3) is 0.400. The van der Waals surface area contributed by atoms with Crippen LogP contribution in [-0.4, -0.2) is 49.0 Å². The lowest BCUT2D eigenvalue weighted by atomic mass is 10.2. The summed E-state index contributed by atoms with van der Waals surface area (Å²) in [5.74, 6) is -0.580. The van der Waals surface area contributed by atoms with Crippen LogP contribution in [0.2, 0.25) is 0 Å². The molecule has 34 heavy (non-hydrogen) atoms. The summed E-state index contributed by atoms with van der Waals surface area (Å²) in [6.07, 6.45) is 1.89. The van der Waals surface area contributed by atoms with Gasteiger partial charge >= 0.3 is 12.5 Å². The summed E-state index contributed by atoms with van der Waals surface area (Å²) in [4.78, 5) is 18.1. The van der Waals surface area contributed by atoms with E-state index in [4.69, 9.17) is 4.74 Å². The standard InChI is InChI=1S/C20H23F3N4O5S2/c1-3-4-9-31-19(28)25-34(29,30)17-6-5-14(32-20(21,22)23)10-16(17)18-26(2)11-15(33-18)12-27-8-7-24-13-27/h5-8,10-11,13,18H,3-4,9,12H2,1-2H3,(H,25,28). The van der Waals surface area contributed by atoms with Crippen LogP contribution in [0.25, 0.3) is 0 Å². The number of unbranched alkanes of at least 4 members (excludes halogenated alkanes) is 1. The van der Waals surface area contributed by atoms with Gasteiger partial charge in [-0.05, 0) is 24.6 Å². The van der Waals surface area contributed by atoms with Gasteiger partial charge in [-0.2, -0.15) is 0 Å². The largest absolute Gasteiger partial charge is 0.573 e. The van der Waals surface area contributed by atoms with Crippen LogP contribution in [0.15, 0.2) is 52.9 Å². The molecule has 1 aliphatic rings. The van der Waals surface area contributed by atoms with Crippen molar-refractivity contribution >= 4 is 27.9 Å². The van der Waals surface area contributed by atoms with Crippen molar-refractivity contribution < 1.29 is 35.9 Å². The maximum atomic E-state index is 13.0. The first-order valence-corrected chi connectivity index (χ1v) is 12.5. The lowest BCUT2D eigenvalue weighted by Crippen LogP contribution is -2.32. The third-order valence-electron chi connectivity index (χ3n) is 4.60. The van der Waals surface area contributed by atoms with Crippen molar-refractivity contribution in [3.8, 4) is 5.75 Å². The minimum Gasteiger partial charge on any atom is -0.449 e. The Morgan fingerprint density at radius 3 is 2.74 bits per heavy atom. The fourth-order valence-corrected chi connectivity index (χ4v) is 5.62. The summed E-state index contributed by atoms with van der Waals surface area (Å²) in [6.45, 7) is 2.35. The molecular weight excluding hydrogens is 497 g/mol. The fourth-order valence-electron chi connectivity index (χ4n) is 3.14. The van der Waals surface area contributed by atoms with E-state index in [1.807, 2.05) is 11.6 Å². The number of alkyl halides is 3. The number of allylic oxidation sites excluding steroid dienone is 1. The molecular formula is C20H23F3N4O5S2. The molecule has 1 amide bonds. The molecule has 1 atom stereocenters. The van der Waals surface area contributed by atoms with Crippen molar-refractivity contribution in [3.63, 3.8) is 0 Å². The van der Waals surface area contributed by atoms with E-state index in [2.05, 4.69) is 9.72 Å². The van der Waals surface area contributed by atoms with E-state index in [1.54, 1.807) is 41.4 Å². The molecule has 0 bridgehead atoms. The summed E-state index contributed by atoms with van der Waals surface area (Å²) in [5, 5.41) is -0.696. The second-order valence-corrected chi connectivity index (χ2v) is 10.2. The van der Waals surface area contributed by atoms with Gasteiger partial charge in [0, 0.05) is 36.1 Å². The van der Waals surface area contributed by atoms with Crippen LogP contribution in [0.5, 0.6) is 5.75 Å². The Morgan fingerprint density at radius 2 is 2.09 bits per heavy atom. The van der Waals surface area contributed by atoms with E-state index in [9.17, 15) is 26.4 Å². The monoisotopic (exact) mass is 520 g/mol. The molecule has 9 nitrogen and oxygen atoms in total. The van der Waals surface area contributed by atoms with Crippen molar-refractivity contribution in [1.29, 1.82) is 0 Å². The molecule has 0 spiro atoms. The number of aromatic nitrogens is 2. The molecule has 0 saturated heterocycles. The number of rotatable bonds is 9. The number of sulfonamides is 1. The van der Waals surface area contributed by atoms with Crippen molar-refractivity contribution in [2.75, 3.05) is 13.7 Å². The Hall–Kier alpha value is -2.87. The van der Waals surface area contributed by atoms with Crippen LogP contribution in [0.1, 0.15) is 30.7 Å². The van der Waals surface area contributed by atoms with E-state index in [0.717, 1.165) is 29.5 Å². The van der Waals surface area contributed by atoms with Gasteiger partial charge in [-0.1, -0.05) is 25.1 Å². The zero-order valence-electron chi connectivity index (χ0n) is 18.3. The first-order chi connectivity index (χ1) is 16.0. The number of benzene rings is 1. The Balaban J connectivity index is 1.90. The molecule has 2 aromatic rings. The van der Waals surface area contributed by atoms with Gasteiger partial charge in [0.25, 0.3) is 10.0 Å². The highest BCUT2D eigenvalue weighted by molar-refractivity contribution is 8.03. The quantitative estimate of drug-likeness (QED) is 0.491. The molecule has 1 aliphatic heterocycles. The van der Waals surface area contributed by atoms with E-state index in [-0.39, 0.29) is 17.1 Å². The Labute approximate surface area is 199 Å². The average Bonchev–Trinajstić information content (AvgIpc) is 3.36. The zero-order valence-corrected chi connectivity index (χ0v) is 19.9. The van der Waals surface area contributed by atoms with E-state index >= 15 is 0 Å². The van der Waals surface area contributed by atoms with Crippen LogP contribution >= 0.6 is 11.8 Å². The second-order valence-electron chi connectivity index (χ2n) is 7.31.